The van der Waals surface area contributed by atoms with Crippen LogP contribution in [-0.2, 0) is 9.59 Å². The van der Waals surface area contributed by atoms with Crippen LogP contribution in [0, 0.1) is 11.8 Å². The summed E-state index contributed by atoms with van der Waals surface area (Å²) in [5.41, 5.74) is 2.16. The number of hydrogen-bond acceptors (Lipinski definition) is 5. The van der Waals surface area contributed by atoms with E-state index in [1.807, 2.05) is 12.1 Å². The smallest absolute Gasteiger partial charge is 0.249 e. The lowest BCUT2D eigenvalue weighted by molar-refractivity contribution is -0.133. The first-order valence-corrected chi connectivity index (χ1v) is 8.35. The largest absolute Gasteiger partial charge is 0.374 e. The second-order valence-electron chi connectivity index (χ2n) is 6.78. The van der Waals surface area contributed by atoms with Crippen LogP contribution in [-0.4, -0.2) is 44.0 Å². The third-order valence-electron chi connectivity index (χ3n) is 5.20. The molecule has 3 fully saturated rings. The van der Waals surface area contributed by atoms with Gasteiger partial charge in [-0.25, -0.2) is 0 Å². The number of benzene rings is 1. The lowest BCUT2D eigenvalue weighted by Crippen LogP contribution is -2.47. The fourth-order valence-corrected chi connectivity index (χ4v) is 3.87. The number of anilines is 2. The van der Waals surface area contributed by atoms with Crippen molar-refractivity contribution in [3.05, 3.63) is 24.3 Å². The van der Waals surface area contributed by atoms with E-state index in [2.05, 4.69) is 33.0 Å². The van der Waals surface area contributed by atoms with Crippen LogP contribution >= 0.6 is 0 Å². The van der Waals surface area contributed by atoms with Gasteiger partial charge in [0.25, 0.3) is 0 Å². The molecule has 3 aliphatic rings. The first kappa shape index (κ1) is 14.5. The molecule has 1 aromatic rings. The fraction of sp³-hybridized carbons (Fsp3) is 0.529. The monoisotopic (exact) mass is 314 g/mol. The first-order chi connectivity index (χ1) is 11.2. The normalized spacial score (nSPS) is 30.3. The molecule has 0 saturated carbocycles. The summed E-state index contributed by atoms with van der Waals surface area (Å²) in [5.74, 6) is 1.13. The van der Waals surface area contributed by atoms with Gasteiger partial charge >= 0.3 is 0 Å². The van der Waals surface area contributed by atoms with Gasteiger partial charge in [-0.3, -0.25) is 14.9 Å². The minimum Gasteiger partial charge on any atom is -0.374 e. The van der Waals surface area contributed by atoms with E-state index in [0.29, 0.717) is 12.8 Å². The van der Waals surface area contributed by atoms with Crippen molar-refractivity contribution < 1.29 is 9.59 Å². The van der Waals surface area contributed by atoms with E-state index in [-0.39, 0.29) is 17.9 Å². The van der Waals surface area contributed by atoms with E-state index in [9.17, 15) is 9.59 Å². The van der Waals surface area contributed by atoms with Gasteiger partial charge in [-0.15, -0.1) is 0 Å². The van der Waals surface area contributed by atoms with E-state index in [1.165, 1.54) is 5.69 Å². The topological polar surface area (TPSA) is 73.5 Å². The maximum absolute atomic E-state index is 11.8. The van der Waals surface area contributed by atoms with E-state index in [1.54, 1.807) is 0 Å². The Kier molecular flexibility index (Phi) is 3.69. The van der Waals surface area contributed by atoms with E-state index >= 15 is 0 Å². The second-order valence-corrected chi connectivity index (χ2v) is 6.78. The van der Waals surface area contributed by atoms with Gasteiger partial charge in [0.2, 0.25) is 11.8 Å². The molecule has 3 N–H and O–H groups in total. The van der Waals surface area contributed by atoms with Gasteiger partial charge in [-0.2, -0.15) is 0 Å². The molecule has 6 heteroatoms. The van der Waals surface area contributed by atoms with Crippen molar-refractivity contribution in [2.24, 2.45) is 11.8 Å². The highest BCUT2D eigenvalue weighted by atomic mass is 16.2. The number of hydrogen-bond donors (Lipinski definition) is 3. The predicted molar refractivity (Wildman–Crippen MR) is 88.3 cm³/mol. The average molecular weight is 314 g/mol. The number of rotatable bonds is 3. The Bertz CT molecular complexity index is 604. The Labute approximate surface area is 135 Å². The molecular weight excluding hydrogens is 292 g/mol. The van der Waals surface area contributed by atoms with E-state index in [0.717, 1.165) is 43.7 Å². The Balaban J connectivity index is 1.38. The molecule has 0 bridgehead atoms. The third-order valence-corrected chi connectivity index (χ3v) is 5.20. The SMILES string of the molecule is O=C1CCC(Nc2ccc(N3CC4CNCC4C3)cc2)C(=O)N1. The van der Waals surface area contributed by atoms with Crippen molar-refractivity contribution in [1.82, 2.24) is 10.6 Å². The van der Waals surface area contributed by atoms with Gasteiger partial charge in [0.1, 0.15) is 6.04 Å². The van der Waals surface area contributed by atoms with Gasteiger partial charge in [-0.05, 0) is 42.5 Å². The molecule has 0 spiro atoms. The molecule has 0 aliphatic carbocycles. The highest BCUT2D eigenvalue weighted by molar-refractivity contribution is 6.01. The van der Waals surface area contributed by atoms with Crippen LogP contribution in [0.2, 0.25) is 0 Å². The molecule has 23 heavy (non-hydrogen) atoms. The van der Waals surface area contributed by atoms with Crippen molar-refractivity contribution in [3.63, 3.8) is 0 Å². The fourth-order valence-electron chi connectivity index (χ4n) is 3.87. The van der Waals surface area contributed by atoms with Crippen LogP contribution in [0.4, 0.5) is 11.4 Å². The van der Waals surface area contributed by atoms with Crippen LogP contribution in [0.1, 0.15) is 12.8 Å². The molecule has 6 nitrogen and oxygen atoms in total. The van der Waals surface area contributed by atoms with E-state index < -0.39 is 0 Å². The summed E-state index contributed by atoms with van der Waals surface area (Å²) in [7, 11) is 0. The summed E-state index contributed by atoms with van der Waals surface area (Å²) < 4.78 is 0. The zero-order valence-corrected chi connectivity index (χ0v) is 13.0. The summed E-state index contributed by atoms with van der Waals surface area (Å²) in [6, 6.07) is 7.94. The third kappa shape index (κ3) is 2.91. The zero-order valence-electron chi connectivity index (χ0n) is 13.0. The van der Waals surface area contributed by atoms with Crippen LogP contribution < -0.4 is 20.9 Å². The predicted octanol–water partition coefficient (Wildman–Crippen LogP) is 0.559. The average Bonchev–Trinajstić information content (AvgIpc) is 3.12. The van der Waals surface area contributed by atoms with Crippen molar-refractivity contribution in [3.8, 4) is 0 Å². The highest BCUT2D eigenvalue weighted by Gasteiger charge is 2.36. The summed E-state index contributed by atoms with van der Waals surface area (Å²) in [6.07, 6.45) is 0.945. The van der Waals surface area contributed by atoms with Crippen molar-refractivity contribution >= 4 is 23.2 Å². The lowest BCUT2D eigenvalue weighted by atomic mass is 10.0. The molecule has 3 atom stereocenters. The number of fused-ring (bicyclic) bond motifs is 1. The molecular formula is C17H22N4O2. The summed E-state index contributed by atoms with van der Waals surface area (Å²) in [6.45, 7) is 4.52. The Hall–Kier alpha value is -2.08. The van der Waals surface area contributed by atoms with Crippen LogP contribution in [0.3, 0.4) is 0 Å². The first-order valence-electron chi connectivity index (χ1n) is 8.35. The standard InChI is InChI=1S/C17H22N4O2/c22-16-6-5-15(17(23)20-16)19-13-1-3-14(4-2-13)21-9-11-7-18-8-12(11)10-21/h1-4,11-12,15,18-19H,5-10H2,(H,20,22,23). The molecule has 0 radical (unpaired) electrons. The Morgan fingerprint density at radius 2 is 1.74 bits per heavy atom. The molecule has 3 heterocycles. The van der Waals surface area contributed by atoms with Crippen LogP contribution in [0.25, 0.3) is 0 Å². The zero-order chi connectivity index (χ0) is 15.8. The molecule has 122 valence electrons. The Morgan fingerprint density at radius 1 is 1.04 bits per heavy atom. The molecule has 3 saturated heterocycles. The van der Waals surface area contributed by atoms with Crippen LogP contribution in [0.15, 0.2) is 24.3 Å². The molecule has 2 amide bonds. The van der Waals surface area contributed by atoms with Crippen LogP contribution in [0.5, 0.6) is 0 Å². The quantitative estimate of drug-likeness (QED) is 0.711. The number of piperidine rings is 1. The second kappa shape index (κ2) is 5.85. The summed E-state index contributed by atoms with van der Waals surface area (Å²) in [5, 5.41) is 9.05. The number of carbonyl (C=O) groups is 2. The summed E-state index contributed by atoms with van der Waals surface area (Å²) >= 11 is 0. The number of nitrogens with zero attached hydrogens (tertiary/aromatic N) is 1. The van der Waals surface area contributed by atoms with Crippen molar-refractivity contribution in [1.29, 1.82) is 0 Å². The number of amides is 2. The molecule has 4 rings (SSSR count). The number of nitrogens with one attached hydrogen (secondary N) is 3. The lowest BCUT2D eigenvalue weighted by Gasteiger charge is -2.24. The number of imide groups is 1. The number of carbonyl (C=O) groups excluding carboxylic acids is 2. The van der Waals surface area contributed by atoms with Gasteiger partial charge in [0.05, 0.1) is 0 Å². The molecule has 3 aliphatic heterocycles. The van der Waals surface area contributed by atoms with Gasteiger partial charge in [0, 0.05) is 44.0 Å². The maximum Gasteiger partial charge on any atom is 0.249 e. The van der Waals surface area contributed by atoms with Gasteiger partial charge in [0.15, 0.2) is 0 Å². The van der Waals surface area contributed by atoms with Crippen molar-refractivity contribution in [2.45, 2.75) is 18.9 Å². The van der Waals surface area contributed by atoms with Gasteiger partial charge < -0.3 is 15.5 Å². The molecule has 1 aromatic carbocycles. The Morgan fingerprint density at radius 3 is 2.39 bits per heavy atom. The minimum absolute atomic E-state index is 0.183. The molecule has 0 aromatic heterocycles. The minimum atomic E-state index is -0.323. The van der Waals surface area contributed by atoms with Gasteiger partial charge in [-0.1, -0.05) is 0 Å². The van der Waals surface area contributed by atoms with Crippen molar-refractivity contribution in [2.75, 3.05) is 36.4 Å². The summed E-state index contributed by atoms with van der Waals surface area (Å²) in [4.78, 5) is 25.4. The highest BCUT2D eigenvalue weighted by Crippen LogP contribution is 2.31. The molecule has 3 unspecified atom stereocenters. The van der Waals surface area contributed by atoms with E-state index in [4.69, 9.17) is 0 Å². The maximum atomic E-state index is 11.8.